The lowest BCUT2D eigenvalue weighted by atomic mass is 10.2. The summed E-state index contributed by atoms with van der Waals surface area (Å²) >= 11 is 0. The molecule has 1 aromatic rings. The van der Waals surface area contributed by atoms with Crippen LogP contribution >= 0.6 is 0 Å². The standard InChI is InChI=1S/C11H15FN2O/c1-7-4-5-9(6-10(7)12)14-11(15)8(2)13-3/h4-6,8,13H,1-3H3,(H,14,15). The van der Waals surface area contributed by atoms with Crippen LogP contribution < -0.4 is 10.6 Å². The molecule has 0 aliphatic carbocycles. The van der Waals surface area contributed by atoms with E-state index < -0.39 is 0 Å². The van der Waals surface area contributed by atoms with Crippen molar-refractivity contribution in [2.24, 2.45) is 0 Å². The maximum absolute atomic E-state index is 13.1. The van der Waals surface area contributed by atoms with E-state index in [9.17, 15) is 9.18 Å². The number of hydrogen-bond acceptors (Lipinski definition) is 2. The second kappa shape index (κ2) is 4.89. The van der Waals surface area contributed by atoms with Gasteiger partial charge in [0, 0.05) is 5.69 Å². The Morgan fingerprint density at radius 3 is 2.67 bits per heavy atom. The lowest BCUT2D eigenvalue weighted by molar-refractivity contribution is -0.117. The van der Waals surface area contributed by atoms with Crippen molar-refractivity contribution in [3.05, 3.63) is 29.6 Å². The lowest BCUT2D eigenvalue weighted by Crippen LogP contribution is -2.35. The summed E-state index contributed by atoms with van der Waals surface area (Å²) in [5.41, 5.74) is 1.04. The molecular weight excluding hydrogens is 195 g/mol. The number of nitrogens with one attached hydrogen (secondary N) is 2. The van der Waals surface area contributed by atoms with Gasteiger partial charge in [0.05, 0.1) is 6.04 Å². The van der Waals surface area contributed by atoms with Crippen molar-refractivity contribution in [2.75, 3.05) is 12.4 Å². The number of carbonyl (C=O) groups is 1. The highest BCUT2D eigenvalue weighted by atomic mass is 19.1. The highest BCUT2D eigenvalue weighted by Crippen LogP contribution is 2.13. The van der Waals surface area contributed by atoms with Crippen LogP contribution in [-0.4, -0.2) is 19.0 Å². The minimum Gasteiger partial charge on any atom is -0.325 e. The summed E-state index contributed by atoms with van der Waals surface area (Å²) in [6.07, 6.45) is 0. The van der Waals surface area contributed by atoms with Crippen molar-refractivity contribution in [2.45, 2.75) is 19.9 Å². The molecule has 0 aliphatic heterocycles. The smallest absolute Gasteiger partial charge is 0.241 e. The number of aryl methyl sites for hydroxylation is 1. The largest absolute Gasteiger partial charge is 0.325 e. The molecule has 2 N–H and O–H groups in total. The van der Waals surface area contributed by atoms with Crippen LogP contribution in [0.25, 0.3) is 0 Å². The first-order valence-electron chi connectivity index (χ1n) is 4.79. The third-order valence-electron chi connectivity index (χ3n) is 2.27. The van der Waals surface area contributed by atoms with E-state index in [2.05, 4.69) is 10.6 Å². The molecule has 0 aliphatic rings. The molecule has 1 aromatic carbocycles. The molecule has 15 heavy (non-hydrogen) atoms. The normalized spacial score (nSPS) is 12.3. The van der Waals surface area contributed by atoms with Gasteiger partial charge in [-0.3, -0.25) is 4.79 Å². The van der Waals surface area contributed by atoms with Crippen molar-refractivity contribution in [3.63, 3.8) is 0 Å². The second-order valence-corrected chi connectivity index (χ2v) is 3.46. The van der Waals surface area contributed by atoms with E-state index in [-0.39, 0.29) is 17.8 Å². The van der Waals surface area contributed by atoms with Crippen molar-refractivity contribution in [1.82, 2.24) is 5.32 Å². The van der Waals surface area contributed by atoms with Crippen LogP contribution in [0.15, 0.2) is 18.2 Å². The predicted octanol–water partition coefficient (Wildman–Crippen LogP) is 1.68. The summed E-state index contributed by atoms with van der Waals surface area (Å²) in [5, 5.41) is 5.42. The topological polar surface area (TPSA) is 41.1 Å². The van der Waals surface area contributed by atoms with E-state index >= 15 is 0 Å². The monoisotopic (exact) mass is 210 g/mol. The first-order valence-corrected chi connectivity index (χ1v) is 4.79. The Morgan fingerprint density at radius 2 is 2.13 bits per heavy atom. The summed E-state index contributed by atoms with van der Waals surface area (Å²) in [6.45, 7) is 3.41. The van der Waals surface area contributed by atoms with E-state index in [1.165, 1.54) is 6.07 Å². The van der Waals surface area contributed by atoms with Gasteiger partial charge in [-0.05, 0) is 38.6 Å². The Balaban J connectivity index is 2.73. The lowest BCUT2D eigenvalue weighted by Gasteiger charge is -2.11. The fourth-order valence-electron chi connectivity index (χ4n) is 1.05. The van der Waals surface area contributed by atoms with Crippen LogP contribution in [0.2, 0.25) is 0 Å². The zero-order chi connectivity index (χ0) is 11.4. The van der Waals surface area contributed by atoms with Crippen LogP contribution in [0.3, 0.4) is 0 Å². The van der Waals surface area contributed by atoms with Gasteiger partial charge in [0.25, 0.3) is 0 Å². The average molecular weight is 210 g/mol. The van der Waals surface area contributed by atoms with Gasteiger partial charge in [-0.15, -0.1) is 0 Å². The zero-order valence-corrected chi connectivity index (χ0v) is 9.10. The number of carbonyl (C=O) groups excluding carboxylic acids is 1. The number of anilines is 1. The van der Waals surface area contributed by atoms with E-state index in [4.69, 9.17) is 0 Å². The Morgan fingerprint density at radius 1 is 1.47 bits per heavy atom. The molecule has 0 aromatic heterocycles. The molecule has 0 saturated carbocycles. The molecule has 82 valence electrons. The molecule has 3 nitrogen and oxygen atoms in total. The minimum atomic E-state index is -0.315. The van der Waals surface area contributed by atoms with E-state index in [0.717, 1.165) is 0 Å². The number of rotatable bonds is 3. The fourth-order valence-corrected chi connectivity index (χ4v) is 1.05. The van der Waals surface area contributed by atoms with Crippen molar-refractivity contribution in [3.8, 4) is 0 Å². The zero-order valence-electron chi connectivity index (χ0n) is 9.10. The second-order valence-electron chi connectivity index (χ2n) is 3.46. The number of hydrogen-bond donors (Lipinski definition) is 2. The molecule has 1 amide bonds. The quantitative estimate of drug-likeness (QED) is 0.797. The predicted molar refractivity (Wildman–Crippen MR) is 58.3 cm³/mol. The molecule has 0 fully saturated rings. The van der Waals surface area contributed by atoms with Gasteiger partial charge in [-0.1, -0.05) is 6.07 Å². The van der Waals surface area contributed by atoms with Gasteiger partial charge in [0.15, 0.2) is 0 Å². The third-order valence-corrected chi connectivity index (χ3v) is 2.27. The molecule has 0 radical (unpaired) electrons. The van der Waals surface area contributed by atoms with Gasteiger partial charge < -0.3 is 10.6 Å². The molecular formula is C11H15FN2O. The summed E-state index contributed by atoms with van der Waals surface area (Å²) in [7, 11) is 1.69. The SMILES string of the molecule is CNC(C)C(=O)Nc1ccc(C)c(F)c1. The molecule has 0 spiro atoms. The molecule has 0 saturated heterocycles. The van der Waals surface area contributed by atoms with E-state index in [1.807, 2.05) is 0 Å². The number of amides is 1. The highest BCUT2D eigenvalue weighted by Gasteiger charge is 2.10. The molecule has 4 heteroatoms. The van der Waals surface area contributed by atoms with Crippen LogP contribution in [0.5, 0.6) is 0 Å². The first kappa shape index (κ1) is 11.7. The van der Waals surface area contributed by atoms with Gasteiger partial charge in [0.1, 0.15) is 5.82 Å². The Bertz CT molecular complexity index is 366. The van der Waals surface area contributed by atoms with Gasteiger partial charge >= 0.3 is 0 Å². The van der Waals surface area contributed by atoms with Crippen molar-refractivity contribution in [1.29, 1.82) is 0 Å². The van der Waals surface area contributed by atoms with Gasteiger partial charge in [-0.25, -0.2) is 4.39 Å². The number of halogens is 1. The minimum absolute atomic E-state index is 0.180. The van der Waals surface area contributed by atoms with Crippen LogP contribution in [0, 0.1) is 12.7 Å². The molecule has 1 unspecified atom stereocenters. The summed E-state index contributed by atoms with van der Waals surface area (Å²) in [5.74, 6) is -0.495. The first-order chi connectivity index (χ1) is 7.04. The average Bonchev–Trinajstić information content (AvgIpc) is 2.22. The van der Waals surface area contributed by atoms with Crippen molar-refractivity contribution < 1.29 is 9.18 Å². The van der Waals surface area contributed by atoms with Gasteiger partial charge in [-0.2, -0.15) is 0 Å². The van der Waals surface area contributed by atoms with Crippen LogP contribution in [0.1, 0.15) is 12.5 Å². The Hall–Kier alpha value is -1.42. The summed E-state index contributed by atoms with van der Waals surface area (Å²) in [6, 6.07) is 4.33. The molecule has 0 bridgehead atoms. The maximum atomic E-state index is 13.1. The molecule has 0 heterocycles. The Labute approximate surface area is 88.7 Å². The summed E-state index contributed by atoms with van der Waals surface area (Å²) < 4.78 is 13.1. The van der Waals surface area contributed by atoms with Crippen molar-refractivity contribution >= 4 is 11.6 Å². The van der Waals surface area contributed by atoms with Crippen LogP contribution in [-0.2, 0) is 4.79 Å². The summed E-state index contributed by atoms with van der Waals surface area (Å²) in [4.78, 5) is 11.4. The van der Waals surface area contributed by atoms with Crippen LogP contribution in [0.4, 0.5) is 10.1 Å². The third kappa shape index (κ3) is 3.02. The number of likely N-dealkylation sites (N-methyl/N-ethyl adjacent to an activating group) is 1. The van der Waals surface area contributed by atoms with E-state index in [0.29, 0.717) is 11.3 Å². The Kier molecular flexibility index (Phi) is 3.80. The van der Waals surface area contributed by atoms with E-state index in [1.54, 1.807) is 33.0 Å². The fraction of sp³-hybridized carbons (Fsp3) is 0.364. The molecule has 1 atom stereocenters. The number of benzene rings is 1. The maximum Gasteiger partial charge on any atom is 0.241 e. The molecule has 1 rings (SSSR count). The van der Waals surface area contributed by atoms with Gasteiger partial charge in [0.2, 0.25) is 5.91 Å². The highest BCUT2D eigenvalue weighted by molar-refractivity contribution is 5.94.